The molecule has 5 rings (SSSR count). The SMILES string of the molecule is Nc1cc(CCNc2nc(N3CCC3)nc3cnc(N4CCOCC4)cc23)cc(C(F)(F)F)c1. The normalized spacial score (nSPS) is 16.6. The lowest BCUT2D eigenvalue weighted by Crippen LogP contribution is -2.38. The largest absolute Gasteiger partial charge is 0.416 e. The van der Waals surface area contributed by atoms with Crippen molar-refractivity contribution >= 4 is 34.2 Å². The lowest BCUT2D eigenvalue weighted by Gasteiger charge is -2.31. The molecule has 0 unspecified atom stereocenters. The molecule has 3 aromatic rings. The minimum Gasteiger partial charge on any atom is -0.399 e. The van der Waals surface area contributed by atoms with E-state index in [2.05, 4.69) is 25.1 Å². The number of nitrogen functional groups attached to an aromatic ring is 1. The van der Waals surface area contributed by atoms with Crippen LogP contribution in [0.1, 0.15) is 17.5 Å². The molecule has 0 spiro atoms. The van der Waals surface area contributed by atoms with Gasteiger partial charge >= 0.3 is 6.18 Å². The number of halogens is 3. The van der Waals surface area contributed by atoms with Crippen molar-refractivity contribution in [3.8, 4) is 0 Å². The van der Waals surface area contributed by atoms with E-state index in [4.69, 9.17) is 15.5 Å². The molecule has 0 radical (unpaired) electrons. The zero-order chi connectivity index (χ0) is 23.7. The number of rotatable bonds is 6. The third-order valence-electron chi connectivity index (χ3n) is 6.08. The zero-order valence-corrected chi connectivity index (χ0v) is 18.6. The molecule has 2 aliphatic rings. The summed E-state index contributed by atoms with van der Waals surface area (Å²) in [5, 5.41) is 4.14. The Kier molecular flexibility index (Phi) is 6.03. The van der Waals surface area contributed by atoms with Crippen LogP contribution >= 0.6 is 0 Å². The maximum absolute atomic E-state index is 13.1. The van der Waals surface area contributed by atoms with Crippen molar-refractivity contribution in [1.29, 1.82) is 0 Å². The van der Waals surface area contributed by atoms with E-state index in [9.17, 15) is 13.2 Å². The predicted octanol–water partition coefficient (Wildman–Crippen LogP) is 3.33. The summed E-state index contributed by atoms with van der Waals surface area (Å²) in [5.41, 5.74) is 6.30. The maximum Gasteiger partial charge on any atom is 0.416 e. The number of anilines is 4. The van der Waals surface area contributed by atoms with Crippen LogP contribution in [0.4, 0.5) is 36.4 Å². The summed E-state index contributed by atoms with van der Waals surface area (Å²) < 4.78 is 44.9. The van der Waals surface area contributed by atoms with Gasteiger partial charge in [-0.3, -0.25) is 0 Å². The van der Waals surface area contributed by atoms with E-state index in [1.165, 1.54) is 0 Å². The van der Waals surface area contributed by atoms with Gasteiger partial charge in [-0.05, 0) is 42.7 Å². The fourth-order valence-corrected chi connectivity index (χ4v) is 4.12. The van der Waals surface area contributed by atoms with E-state index in [1.807, 2.05) is 6.07 Å². The number of benzene rings is 1. The summed E-state index contributed by atoms with van der Waals surface area (Å²) in [6.45, 7) is 4.99. The van der Waals surface area contributed by atoms with E-state index in [1.54, 1.807) is 12.3 Å². The number of ether oxygens (including phenoxy) is 1. The molecule has 4 heterocycles. The molecule has 11 heteroatoms. The zero-order valence-electron chi connectivity index (χ0n) is 18.6. The quantitative estimate of drug-likeness (QED) is 0.527. The fraction of sp³-hybridized carbons (Fsp3) is 0.435. The molecule has 180 valence electrons. The third-order valence-corrected chi connectivity index (χ3v) is 6.08. The van der Waals surface area contributed by atoms with E-state index in [-0.39, 0.29) is 5.69 Å². The Bertz CT molecular complexity index is 1180. The van der Waals surface area contributed by atoms with Crippen molar-refractivity contribution in [2.75, 3.05) is 66.8 Å². The summed E-state index contributed by atoms with van der Waals surface area (Å²) in [7, 11) is 0. The van der Waals surface area contributed by atoms with Gasteiger partial charge in [0.05, 0.1) is 30.5 Å². The molecule has 0 aliphatic carbocycles. The van der Waals surface area contributed by atoms with Gasteiger partial charge in [-0.15, -0.1) is 0 Å². The van der Waals surface area contributed by atoms with Gasteiger partial charge in [0.25, 0.3) is 0 Å². The van der Waals surface area contributed by atoms with Crippen LogP contribution in [0.15, 0.2) is 30.5 Å². The molecule has 8 nitrogen and oxygen atoms in total. The molecule has 1 aromatic carbocycles. The first kappa shape index (κ1) is 22.5. The van der Waals surface area contributed by atoms with Gasteiger partial charge in [-0.2, -0.15) is 18.2 Å². The molecule has 2 fully saturated rings. The van der Waals surface area contributed by atoms with E-state index in [0.717, 1.165) is 61.5 Å². The van der Waals surface area contributed by atoms with Gasteiger partial charge in [0.1, 0.15) is 11.6 Å². The van der Waals surface area contributed by atoms with Crippen molar-refractivity contribution in [1.82, 2.24) is 15.0 Å². The smallest absolute Gasteiger partial charge is 0.399 e. The molecule has 2 aliphatic heterocycles. The molecule has 2 saturated heterocycles. The van der Waals surface area contributed by atoms with Crippen LogP contribution in [-0.4, -0.2) is 60.9 Å². The molecular formula is C23H26F3N7O. The summed E-state index contributed by atoms with van der Waals surface area (Å²) in [6, 6.07) is 5.63. The monoisotopic (exact) mass is 473 g/mol. The number of hydrogen-bond acceptors (Lipinski definition) is 8. The highest BCUT2D eigenvalue weighted by Crippen LogP contribution is 2.32. The predicted molar refractivity (Wildman–Crippen MR) is 125 cm³/mol. The Morgan fingerprint density at radius 1 is 1.00 bits per heavy atom. The second kappa shape index (κ2) is 9.13. The average Bonchev–Trinajstić information content (AvgIpc) is 2.77. The summed E-state index contributed by atoms with van der Waals surface area (Å²) in [4.78, 5) is 18.3. The van der Waals surface area contributed by atoms with Crippen molar-refractivity contribution in [2.45, 2.75) is 19.0 Å². The molecule has 34 heavy (non-hydrogen) atoms. The second-order valence-corrected chi connectivity index (χ2v) is 8.51. The number of morpholine rings is 1. The molecule has 0 bridgehead atoms. The molecule has 0 saturated carbocycles. The van der Waals surface area contributed by atoms with Crippen LogP contribution in [-0.2, 0) is 17.3 Å². The van der Waals surface area contributed by atoms with Crippen molar-refractivity contribution in [2.24, 2.45) is 0 Å². The highest BCUT2D eigenvalue weighted by molar-refractivity contribution is 5.91. The molecule has 2 aromatic heterocycles. The number of hydrogen-bond donors (Lipinski definition) is 2. The highest BCUT2D eigenvalue weighted by Gasteiger charge is 2.31. The van der Waals surface area contributed by atoms with Gasteiger partial charge in [-0.25, -0.2) is 9.97 Å². The first-order valence-electron chi connectivity index (χ1n) is 11.3. The highest BCUT2D eigenvalue weighted by atomic mass is 19.4. The van der Waals surface area contributed by atoms with Gasteiger partial charge < -0.3 is 25.6 Å². The first-order valence-corrected chi connectivity index (χ1v) is 11.3. The summed E-state index contributed by atoms with van der Waals surface area (Å²) in [5.74, 6) is 2.10. The van der Waals surface area contributed by atoms with Crippen molar-refractivity contribution in [3.05, 3.63) is 41.6 Å². The first-order chi connectivity index (χ1) is 16.4. The molecule has 0 amide bonds. The minimum absolute atomic E-state index is 0.0959. The Balaban J connectivity index is 1.41. The van der Waals surface area contributed by atoms with Gasteiger partial charge in [0.15, 0.2) is 0 Å². The summed E-state index contributed by atoms with van der Waals surface area (Å²) >= 11 is 0. The van der Waals surface area contributed by atoms with Crippen molar-refractivity contribution in [3.63, 3.8) is 0 Å². The molecular weight excluding hydrogens is 447 g/mol. The van der Waals surface area contributed by atoms with Crippen LogP contribution < -0.4 is 20.9 Å². The van der Waals surface area contributed by atoms with E-state index < -0.39 is 11.7 Å². The van der Waals surface area contributed by atoms with Crippen molar-refractivity contribution < 1.29 is 17.9 Å². The fourth-order valence-electron chi connectivity index (χ4n) is 4.12. The van der Waals surface area contributed by atoms with Gasteiger partial charge in [0, 0.05) is 43.8 Å². The maximum atomic E-state index is 13.1. The Morgan fingerprint density at radius 2 is 1.79 bits per heavy atom. The number of alkyl halides is 3. The van der Waals surface area contributed by atoms with Crippen LogP contribution in [0.25, 0.3) is 10.9 Å². The Hall–Kier alpha value is -3.34. The number of fused-ring (bicyclic) bond motifs is 1. The van der Waals surface area contributed by atoms with Gasteiger partial charge in [0.2, 0.25) is 5.95 Å². The van der Waals surface area contributed by atoms with Crippen LogP contribution in [0.2, 0.25) is 0 Å². The minimum atomic E-state index is -4.44. The topological polar surface area (TPSA) is 92.4 Å². The molecule has 0 atom stereocenters. The van der Waals surface area contributed by atoms with E-state index >= 15 is 0 Å². The molecule has 3 N–H and O–H groups in total. The van der Waals surface area contributed by atoms with Crippen LogP contribution in [0.3, 0.4) is 0 Å². The van der Waals surface area contributed by atoms with E-state index in [0.29, 0.717) is 43.5 Å². The van der Waals surface area contributed by atoms with Gasteiger partial charge in [-0.1, -0.05) is 0 Å². The number of aromatic nitrogens is 3. The van der Waals surface area contributed by atoms with Crippen LogP contribution in [0.5, 0.6) is 0 Å². The second-order valence-electron chi connectivity index (χ2n) is 8.51. The lowest BCUT2D eigenvalue weighted by molar-refractivity contribution is -0.137. The number of nitrogens with zero attached hydrogens (tertiary/aromatic N) is 5. The standard InChI is InChI=1S/C23H26F3N7O/c24-23(25,26)16-10-15(11-17(27)12-16)2-3-28-21-18-13-20(32-6-8-34-9-7-32)29-14-19(18)30-22(31-21)33-4-1-5-33/h10-14H,1-9,27H2,(H,28,30,31). The summed E-state index contributed by atoms with van der Waals surface area (Å²) in [6.07, 6.45) is -1.23. The number of nitrogens with two attached hydrogens (primary N) is 1. The lowest BCUT2D eigenvalue weighted by atomic mass is 10.1. The Morgan fingerprint density at radius 3 is 2.50 bits per heavy atom. The average molecular weight is 474 g/mol. The Labute approximate surface area is 194 Å². The number of nitrogens with one attached hydrogen (secondary N) is 1. The van der Waals surface area contributed by atoms with Crippen LogP contribution in [0, 0.1) is 0 Å². The number of pyridine rings is 1. The third kappa shape index (κ3) is 4.79.